The van der Waals surface area contributed by atoms with Crippen LogP contribution in [-0.2, 0) is 13.6 Å². The number of carbonyl (C=O) groups excluding carboxylic acids is 1. The summed E-state index contributed by atoms with van der Waals surface area (Å²) < 4.78 is 15.7. The summed E-state index contributed by atoms with van der Waals surface area (Å²) >= 11 is 0. The molecule has 1 aliphatic heterocycles. The van der Waals surface area contributed by atoms with Crippen molar-refractivity contribution in [3.63, 3.8) is 0 Å². The molecular formula is C13H18FN7O. The zero-order valence-electron chi connectivity index (χ0n) is 12.2. The molecule has 1 saturated heterocycles. The molecule has 0 bridgehead atoms. The highest BCUT2D eigenvalue weighted by molar-refractivity contribution is 5.91. The smallest absolute Gasteiger partial charge is 0.273 e. The first-order valence-electron chi connectivity index (χ1n) is 7.11. The second-order valence-corrected chi connectivity index (χ2v) is 5.44. The summed E-state index contributed by atoms with van der Waals surface area (Å²) in [5.41, 5.74) is 0.227. The van der Waals surface area contributed by atoms with Crippen molar-refractivity contribution in [3.05, 3.63) is 30.1 Å². The topological polar surface area (TPSA) is 91.7 Å². The number of likely N-dealkylation sites (tertiary alicyclic amines) is 1. The van der Waals surface area contributed by atoms with Gasteiger partial charge in [0.1, 0.15) is 12.0 Å². The van der Waals surface area contributed by atoms with E-state index in [1.54, 1.807) is 6.20 Å². The summed E-state index contributed by atoms with van der Waals surface area (Å²) in [6.07, 6.45) is 4.46. The summed E-state index contributed by atoms with van der Waals surface area (Å²) in [4.78, 5) is 18.1. The molecule has 118 valence electrons. The SMILES string of the molecule is Cn1ccnc1CN1C[C@@H](F)C[C@H]1CNC(=O)c1cn[nH]n1. The quantitative estimate of drug-likeness (QED) is 0.803. The number of H-pyrrole nitrogens is 1. The van der Waals surface area contributed by atoms with E-state index in [9.17, 15) is 9.18 Å². The largest absolute Gasteiger partial charge is 0.349 e. The summed E-state index contributed by atoms with van der Waals surface area (Å²) in [5, 5.41) is 12.5. The van der Waals surface area contributed by atoms with Crippen LogP contribution < -0.4 is 5.32 Å². The summed E-state index contributed by atoms with van der Waals surface area (Å²) in [5.74, 6) is 0.565. The van der Waals surface area contributed by atoms with Gasteiger partial charge in [-0.05, 0) is 6.42 Å². The highest BCUT2D eigenvalue weighted by atomic mass is 19.1. The molecule has 0 spiro atoms. The monoisotopic (exact) mass is 307 g/mol. The first-order chi connectivity index (χ1) is 10.6. The van der Waals surface area contributed by atoms with Crippen molar-refractivity contribution in [1.82, 2.24) is 35.2 Å². The number of hydrogen-bond donors (Lipinski definition) is 2. The Kier molecular flexibility index (Phi) is 4.14. The molecule has 0 saturated carbocycles. The number of alkyl halides is 1. The van der Waals surface area contributed by atoms with Crippen LogP contribution in [0.1, 0.15) is 22.7 Å². The van der Waals surface area contributed by atoms with Gasteiger partial charge in [0.05, 0.1) is 12.7 Å². The van der Waals surface area contributed by atoms with Gasteiger partial charge >= 0.3 is 0 Å². The van der Waals surface area contributed by atoms with E-state index in [4.69, 9.17) is 0 Å². The minimum Gasteiger partial charge on any atom is -0.349 e. The third-order valence-corrected chi connectivity index (χ3v) is 3.89. The predicted octanol–water partition coefficient (Wildman–Crippen LogP) is -0.119. The minimum absolute atomic E-state index is 0.0532. The van der Waals surface area contributed by atoms with Gasteiger partial charge in [-0.2, -0.15) is 15.4 Å². The van der Waals surface area contributed by atoms with E-state index in [2.05, 4.69) is 25.7 Å². The van der Waals surface area contributed by atoms with Crippen LogP contribution in [0.15, 0.2) is 18.6 Å². The molecule has 3 rings (SSSR count). The number of nitrogens with one attached hydrogen (secondary N) is 2. The van der Waals surface area contributed by atoms with Crippen LogP contribution in [0.25, 0.3) is 0 Å². The maximum atomic E-state index is 13.7. The molecule has 2 aromatic rings. The molecule has 2 aromatic heterocycles. The van der Waals surface area contributed by atoms with Crippen LogP contribution in [0, 0.1) is 0 Å². The van der Waals surface area contributed by atoms with Crippen molar-refractivity contribution < 1.29 is 9.18 Å². The van der Waals surface area contributed by atoms with E-state index in [0.29, 0.717) is 26.1 Å². The molecule has 22 heavy (non-hydrogen) atoms. The average Bonchev–Trinajstić information content (AvgIpc) is 3.20. The van der Waals surface area contributed by atoms with Crippen LogP contribution in [0.4, 0.5) is 4.39 Å². The van der Waals surface area contributed by atoms with Gasteiger partial charge in [-0.3, -0.25) is 9.69 Å². The third-order valence-electron chi connectivity index (χ3n) is 3.89. The molecule has 1 aliphatic rings. The van der Waals surface area contributed by atoms with E-state index < -0.39 is 6.17 Å². The number of amides is 1. The Morgan fingerprint density at radius 1 is 1.59 bits per heavy atom. The van der Waals surface area contributed by atoms with Crippen LogP contribution in [0.3, 0.4) is 0 Å². The van der Waals surface area contributed by atoms with E-state index in [-0.39, 0.29) is 17.6 Å². The molecule has 2 atom stereocenters. The summed E-state index contributed by atoms with van der Waals surface area (Å²) in [6.45, 7) is 1.29. The fourth-order valence-corrected chi connectivity index (χ4v) is 2.67. The Morgan fingerprint density at radius 2 is 2.45 bits per heavy atom. The second kappa shape index (κ2) is 6.22. The standard InChI is InChI=1S/C13H18FN7O/c1-20-3-2-15-12(20)8-21-7-9(14)4-10(21)5-16-13(22)11-6-17-19-18-11/h2-3,6,9-10H,4-5,7-8H2,1H3,(H,16,22)(H,17,18,19)/t9-,10-/m0/s1. The van der Waals surface area contributed by atoms with Crippen molar-refractivity contribution in [2.45, 2.75) is 25.2 Å². The molecule has 3 heterocycles. The number of imidazole rings is 1. The number of aryl methyl sites for hydroxylation is 1. The van der Waals surface area contributed by atoms with Crippen LogP contribution in [0.2, 0.25) is 0 Å². The van der Waals surface area contributed by atoms with Gasteiger partial charge in [0.25, 0.3) is 5.91 Å². The first-order valence-corrected chi connectivity index (χ1v) is 7.11. The number of aromatic nitrogens is 5. The van der Waals surface area contributed by atoms with Crippen LogP contribution in [0.5, 0.6) is 0 Å². The van der Waals surface area contributed by atoms with Gasteiger partial charge in [-0.15, -0.1) is 0 Å². The normalized spacial score (nSPS) is 22.1. The van der Waals surface area contributed by atoms with E-state index in [1.807, 2.05) is 22.7 Å². The molecule has 0 aromatic carbocycles. The van der Waals surface area contributed by atoms with Crippen LogP contribution >= 0.6 is 0 Å². The molecule has 0 radical (unpaired) electrons. The van der Waals surface area contributed by atoms with Crippen molar-refractivity contribution in [1.29, 1.82) is 0 Å². The van der Waals surface area contributed by atoms with Gasteiger partial charge in [-0.1, -0.05) is 0 Å². The van der Waals surface area contributed by atoms with Gasteiger partial charge in [-0.25, -0.2) is 9.37 Å². The zero-order valence-corrected chi connectivity index (χ0v) is 12.2. The Balaban J connectivity index is 1.59. The molecule has 1 fully saturated rings. The fourth-order valence-electron chi connectivity index (χ4n) is 2.67. The fraction of sp³-hybridized carbons (Fsp3) is 0.538. The predicted molar refractivity (Wildman–Crippen MR) is 75.6 cm³/mol. The lowest BCUT2D eigenvalue weighted by Crippen LogP contribution is -2.40. The maximum Gasteiger partial charge on any atom is 0.273 e. The van der Waals surface area contributed by atoms with Crippen molar-refractivity contribution in [3.8, 4) is 0 Å². The Hall–Kier alpha value is -2.29. The highest BCUT2D eigenvalue weighted by Gasteiger charge is 2.33. The molecule has 0 unspecified atom stereocenters. The summed E-state index contributed by atoms with van der Waals surface area (Å²) in [7, 11) is 1.91. The number of nitrogens with zero attached hydrogens (tertiary/aromatic N) is 5. The highest BCUT2D eigenvalue weighted by Crippen LogP contribution is 2.21. The van der Waals surface area contributed by atoms with Crippen molar-refractivity contribution >= 4 is 5.91 Å². The zero-order chi connectivity index (χ0) is 15.5. The molecule has 8 nitrogen and oxygen atoms in total. The lowest BCUT2D eigenvalue weighted by molar-refractivity contribution is 0.0934. The number of aromatic amines is 1. The lowest BCUT2D eigenvalue weighted by Gasteiger charge is -2.23. The Bertz CT molecular complexity index is 626. The number of halogens is 1. The molecule has 0 aliphatic carbocycles. The van der Waals surface area contributed by atoms with Gasteiger partial charge in [0.2, 0.25) is 0 Å². The number of rotatable bonds is 5. The molecule has 9 heteroatoms. The van der Waals surface area contributed by atoms with Crippen molar-refractivity contribution in [2.75, 3.05) is 13.1 Å². The number of hydrogen-bond acceptors (Lipinski definition) is 5. The van der Waals surface area contributed by atoms with E-state index in [1.165, 1.54) is 6.20 Å². The minimum atomic E-state index is -0.880. The molecule has 1 amide bonds. The van der Waals surface area contributed by atoms with E-state index in [0.717, 1.165) is 5.82 Å². The average molecular weight is 307 g/mol. The second-order valence-electron chi connectivity index (χ2n) is 5.44. The molecule has 2 N–H and O–H groups in total. The third kappa shape index (κ3) is 3.14. The Morgan fingerprint density at radius 3 is 3.14 bits per heavy atom. The van der Waals surface area contributed by atoms with Crippen LogP contribution in [-0.4, -0.2) is 61.1 Å². The van der Waals surface area contributed by atoms with Gasteiger partial charge in [0, 0.05) is 38.6 Å². The Labute approximate surface area is 126 Å². The van der Waals surface area contributed by atoms with E-state index >= 15 is 0 Å². The van der Waals surface area contributed by atoms with Crippen molar-refractivity contribution in [2.24, 2.45) is 7.05 Å². The number of carbonyl (C=O) groups is 1. The van der Waals surface area contributed by atoms with Gasteiger partial charge in [0.15, 0.2) is 5.69 Å². The first kappa shape index (κ1) is 14.6. The summed E-state index contributed by atoms with van der Waals surface area (Å²) in [6, 6.07) is -0.0532. The van der Waals surface area contributed by atoms with Gasteiger partial charge < -0.3 is 9.88 Å². The molecular weight excluding hydrogens is 289 g/mol. The lowest BCUT2D eigenvalue weighted by atomic mass is 10.2. The maximum absolute atomic E-state index is 13.7.